The van der Waals surface area contributed by atoms with E-state index < -0.39 is 17.6 Å². The molecule has 0 saturated heterocycles. The highest BCUT2D eigenvalue weighted by Crippen LogP contribution is 2.34. The number of methoxy groups -OCH3 is 1. The summed E-state index contributed by atoms with van der Waals surface area (Å²) in [6.07, 6.45) is 2.95. The molecule has 27 heavy (non-hydrogen) atoms. The Labute approximate surface area is 158 Å². The Morgan fingerprint density at radius 2 is 1.89 bits per heavy atom. The van der Waals surface area contributed by atoms with Gasteiger partial charge < -0.3 is 10.1 Å². The lowest BCUT2D eigenvalue weighted by atomic mass is 10.0. The Bertz CT molecular complexity index is 969. The van der Waals surface area contributed by atoms with Gasteiger partial charge in [0.1, 0.15) is 29.0 Å². The zero-order chi connectivity index (χ0) is 19.4. The minimum Gasteiger partial charge on any atom is -0.496 e. The molecule has 0 aliphatic carbocycles. The molecule has 3 aromatic rings. The number of nitrogens with one attached hydrogen (secondary N) is 1. The second kappa shape index (κ2) is 8.30. The molecule has 0 atom stereocenters. The summed E-state index contributed by atoms with van der Waals surface area (Å²) in [4.78, 5) is 7.85. The fourth-order valence-corrected chi connectivity index (χ4v) is 3.11. The zero-order valence-electron chi connectivity index (χ0n) is 14.6. The van der Waals surface area contributed by atoms with Crippen molar-refractivity contribution in [3.63, 3.8) is 0 Å². The number of ether oxygens (including phenoxy) is 1. The molecule has 0 saturated carbocycles. The highest BCUT2D eigenvalue weighted by Gasteiger charge is 2.14. The minimum absolute atomic E-state index is 0.173. The molecule has 0 aliphatic heterocycles. The van der Waals surface area contributed by atoms with Crippen LogP contribution in [0.2, 0.25) is 0 Å². The third-order valence-corrected chi connectivity index (χ3v) is 4.40. The van der Waals surface area contributed by atoms with E-state index in [1.165, 1.54) is 37.4 Å². The van der Waals surface area contributed by atoms with E-state index in [9.17, 15) is 13.2 Å². The van der Waals surface area contributed by atoms with E-state index in [2.05, 4.69) is 15.3 Å². The molecule has 140 valence electrons. The van der Waals surface area contributed by atoms with Gasteiger partial charge in [-0.1, -0.05) is 0 Å². The predicted octanol–water partition coefficient (Wildman–Crippen LogP) is 5.18. The lowest BCUT2D eigenvalue weighted by Crippen LogP contribution is -2.03. The third kappa shape index (κ3) is 4.33. The van der Waals surface area contributed by atoms with Crippen molar-refractivity contribution in [3.05, 3.63) is 65.7 Å². The van der Waals surface area contributed by atoms with Gasteiger partial charge in [-0.25, -0.2) is 18.7 Å². The van der Waals surface area contributed by atoms with Gasteiger partial charge in [0.15, 0.2) is 0 Å². The molecular formula is C19H16F3N3OS. The predicted molar refractivity (Wildman–Crippen MR) is 101 cm³/mol. The van der Waals surface area contributed by atoms with E-state index in [0.717, 1.165) is 11.8 Å². The van der Waals surface area contributed by atoms with Gasteiger partial charge in [-0.15, -0.1) is 0 Å². The highest BCUT2D eigenvalue weighted by atomic mass is 32.2. The number of benzene rings is 1. The first-order chi connectivity index (χ1) is 13.0. The Kier molecular flexibility index (Phi) is 5.85. The number of pyridine rings is 2. The molecule has 0 aliphatic rings. The van der Waals surface area contributed by atoms with Crippen LogP contribution in [0, 0.1) is 17.6 Å². The van der Waals surface area contributed by atoms with Crippen LogP contribution in [0.4, 0.5) is 24.8 Å². The first kappa shape index (κ1) is 19.0. The summed E-state index contributed by atoms with van der Waals surface area (Å²) in [5.41, 5.74) is 1.33. The molecule has 2 aromatic heterocycles. The largest absolute Gasteiger partial charge is 0.496 e. The summed E-state index contributed by atoms with van der Waals surface area (Å²) in [6, 6.07) is 8.18. The molecular weight excluding hydrogens is 375 g/mol. The average molecular weight is 391 g/mol. The average Bonchev–Trinajstić information content (AvgIpc) is 2.65. The normalized spacial score (nSPS) is 10.7. The number of thioether (sulfide) groups is 1. The smallest absolute Gasteiger partial charge is 0.214 e. The summed E-state index contributed by atoms with van der Waals surface area (Å²) in [7, 11) is 1.38. The molecule has 0 unspecified atom stereocenters. The van der Waals surface area contributed by atoms with Crippen LogP contribution >= 0.6 is 11.8 Å². The standard InChI is InChI=1S/C19H16F3N3OS/c1-26-16-7-12(20)4-5-13(16)14-8-18(23-9-15(14)21)25-19-11(10-27-2)3-6-17(22)24-19/h3-9H,10H2,1-2H3,(H,23,24,25). The van der Waals surface area contributed by atoms with Crippen LogP contribution in [0.25, 0.3) is 11.1 Å². The van der Waals surface area contributed by atoms with Gasteiger partial charge in [-0.3, -0.25) is 0 Å². The van der Waals surface area contributed by atoms with E-state index >= 15 is 0 Å². The van der Waals surface area contributed by atoms with Crippen LogP contribution in [0.5, 0.6) is 5.75 Å². The second-order valence-electron chi connectivity index (χ2n) is 5.59. The van der Waals surface area contributed by atoms with Crippen LogP contribution in [0.1, 0.15) is 5.56 Å². The summed E-state index contributed by atoms with van der Waals surface area (Å²) in [5, 5.41) is 2.93. The maximum absolute atomic E-state index is 14.4. The number of halogens is 3. The van der Waals surface area contributed by atoms with Crippen molar-refractivity contribution < 1.29 is 17.9 Å². The van der Waals surface area contributed by atoms with Crippen molar-refractivity contribution >= 4 is 23.4 Å². The number of anilines is 2. The van der Waals surface area contributed by atoms with Crippen molar-refractivity contribution in [2.45, 2.75) is 5.75 Å². The van der Waals surface area contributed by atoms with Gasteiger partial charge in [0.05, 0.1) is 13.3 Å². The Morgan fingerprint density at radius 1 is 1.07 bits per heavy atom. The van der Waals surface area contributed by atoms with Gasteiger partial charge >= 0.3 is 0 Å². The lowest BCUT2D eigenvalue weighted by Gasteiger charge is -2.13. The van der Waals surface area contributed by atoms with E-state index in [-0.39, 0.29) is 17.1 Å². The SMILES string of the molecule is COc1cc(F)ccc1-c1cc(Nc2nc(F)ccc2CSC)ncc1F. The van der Waals surface area contributed by atoms with Crippen LogP contribution in [0.3, 0.4) is 0 Å². The summed E-state index contributed by atoms with van der Waals surface area (Å²) < 4.78 is 46.5. The summed E-state index contributed by atoms with van der Waals surface area (Å²) in [6.45, 7) is 0. The Morgan fingerprint density at radius 3 is 2.63 bits per heavy atom. The number of hydrogen-bond acceptors (Lipinski definition) is 5. The first-order valence-electron chi connectivity index (χ1n) is 7.92. The molecule has 0 fully saturated rings. The van der Waals surface area contributed by atoms with Crippen LogP contribution in [-0.2, 0) is 5.75 Å². The van der Waals surface area contributed by atoms with Crippen molar-refractivity contribution in [3.8, 4) is 16.9 Å². The maximum Gasteiger partial charge on any atom is 0.214 e. The zero-order valence-corrected chi connectivity index (χ0v) is 15.4. The molecule has 3 rings (SSSR count). The van der Waals surface area contributed by atoms with E-state index in [1.807, 2.05) is 6.26 Å². The molecule has 1 N–H and O–H groups in total. The van der Waals surface area contributed by atoms with E-state index in [1.54, 1.807) is 17.8 Å². The molecule has 8 heteroatoms. The van der Waals surface area contributed by atoms with Crippen LogP contribution < -0.4 is 10.1 Å². The fourth-order valence-electron chi connectivity index (χ4n) is 2.57. The van der Waals surface area contributed by atoms with E-state index in [0.29, 0.717) is 17.1 Å². The molecule has 0 bridgehead atoms. The number of nitrogens with zero attached hydrogens (tertiary/aromatic N) is 2. The van der Waals surface area contributed by atoms with Crippen molar-refractivity contribution in [1.29, 1.82) is 0 Å². The van der Waals surface area contributed by atoms with Crippen molar-refractivity contribution in [1.82, 2.24) is 9.97 Å². The molecule has 1 aromatic carbocycles. The van der Waals surface area contributed by atoms with Crippen molar-refractivity contribution in [2.75, 3.05) is 18.7 Å². The number of rotatable bonds is 6. The Hall–Kier alpha value is -2.74. The fraction of sp³-hybridized carbons (Fsp3) is 0.158. The molecule has 4 nitrogen and oxygen atoms in total. The number of hydrogen-bond donors (Lipinski definition) is 1. The second-order valence-corrected chi connectivity index (χ2v) is 6.46. The highest BCUT2D eigenvalue weighted by molar-refractivity contribution is 7.97. The maximum atomic E-state index is 14.4. The quantitative estimate of drug-likeness (QED) is 0.587. The topological polar surface area (TPSA) is 47.0 Å². The molecule has 0 amide bonds. The van der Waals surface area contributed by atoms with Crippen LogP contribution in [-0.4, -0.2) is 23.3 Å². The third-order valence-electron chi connectivity index (χ3n) is 3.80. The van der Waals surface area contributed by atoms with Gasteiger partial charge in [0.25, 0.3) is 0 Å². The van der Waals surface area contributed by atoms with Crippen LogP contribution in [0.15, 0.2) is 42.6 Å². The minimum atomic E-state index is -0.634. The van der Waals surface area contributed by atoms with Gasteiger partial charge in [0, 0.05) is 28.5 Å². The molecule has 0 radical (unpaired) electrons. The van der Waals surface area contributed by atoms with Gasteiger partial charge in [-0.2, -0.15) is 16.2 Å². The van der Waals surface area contributed by atoms with Gasteiger partial charge in [-0.05, 0) is 36.6 Å². The lowest BCUT2D eigenvalue weighted by molar-refractivity contribution is 0.412. The van der Waals surface area contributed by atoms with E-state index in [4.69, 9.17) is 4.74 Å². The molecule has 2 heterocycles. The monoisotopic (exact) mass is 391 g/mol. The Balaban J connectivity index is 2.01. The first-order valence-corrected chi connectivity index (χ1v) is 9.32. The summed E-state index contributed by atoms with van der Waals surface area (Å²) >= 11 is 1.56. The molecule has 0 spiro atoms. The van der Waals surface area contributed by atoms with Gasteiger partial charge in [0.2, 0.25) is 5.95 Å². The number of aromatic nitrogens is 2. The summed E-state index contributed by atoms with van der Waals surface area (Å²) in [5.74, 6) is -0.326. The van der Waals surface area contributed by atoms with Crippen molar-refractivity contribution in [2.24, 2.45) is 0 Å².